The molecule has 0 bridgehead atoms. The summed E-state index contributed by atoms with van der Waals surface area (Å²) < 4.78 is 0. The van der Waals surface area contributed by atoms with Gasteiger partial charge in [-0.15, -0.1) is 0 Å². The van der Waals surface area contributed by atoms with Crippen LogP contribution in [0, 0.1) is 11.8 Å². The SMILES string of the molecule is CC(=O)C1=C(O)[C@H](N(C)C)[C@H]2[C@H](O)[C@@H]3C(=C(O)[C@@]2(O)C1=O)C(=O)c1c(O)cccc1[C@H]3C. The van der Waals surface area contributed by atoms with Gasteiger partial charge in [-0.1, -0.05) is 19.1 Å². The van der Waals surface area contributed by atoms with E-state index in [4.69, 9.17) is 0 Å². The van der Waals surface area contributed by atoms with Gasteiger partial charge in [0, 0.05) is 11.5 Å². The van der Waals surface area contributed by atoms with E-state index < -0.39 is 69.9 Å². The molecule has 0 heterocycles. The highest BCUT2D eigenvalue weighted by Gasteiger charge is 2.67. The molecule has 0 aliphatic heterocycles. The quantitative estimate of drug-likeness (QED) is 0.416. The summed E-state index contributed by atoms with van der Waals surface area (Å²) in [7, 11) is 3.06. The Morgan fingerprint density at radius 2 is 1.75 bits per heavy atom. The normalized spacial score (nSPS) is 34.4. The van der Waals surface area contributed by atoms with Gasteiger partial charge in [0.2, 0.25) is 5.78 Å². The van der Waals surface area contributed by atoms with Crippen LogP contribution in [-0.2, 0) is 9.59 Å². The zero-order valence-electron chi connectivity index (χ0n) is 18.0. The molecule has 0 unspecified atom stereocenters. The molecule has 32 heavy (non-hydrogen) atoms. The lowest BCUT2D eigenvalue weighted by Crippen LogP contribution is -2.68. The molecule has 1 aromatic rings. The Hall–Kier alpha value is -3.01. The molecule has 9 heteroatoms. The second-order valence-electron chi connectivity index (χ2n) is 8.98. The summed E-state index contributed by atoms with van der Waals surface area (Å²) >= 11 is 0. The summed E-state index contributed by atoms with van der Waals surface area (Å²) in [5.74, 6) is -7.89. The van der Waals surface area contributed by atoms with E-state index in [2.05, 4.69) is 0 Å². The number of carbonyl (C=O) groups excluding carboxylic acids is 3. The lowest BCUT2D eigenvalue weighted by Gasteiger charge is -2.53. The lowest BCUT2D eigenvalue weighted by atomic mass is 9.55. The molecule has 6 atom stereocenters. The monoisotopic (exact) mass is 443 g/mol. The van der Waals surface area contributed by atoms with Crippen LogP contribution in [0.5, 0.6) is 5.75 Å². The molecule has 0 saturated heterocycles. The van der Waals surface area contributed by atoms with E-state index in [1.807, 2.05) is 0 Å². The first-order valence-corrected chi connectivity index (χ1v) is 10.2. The maximum absolute atomic E-state index is 13.3. The number of hydrogen-bond donors (Lipinski definition) is 5. The number of rotatable bonds is 2. The van der Waals surface area contributed by atoms with Gasteiger partial charge in [0.15, 0.2) is 17.2 Å². The number of phenols is 1. The first kappa shape index (κ1) is 22.2. The standard InChI is InChI=1S/C23H25NO8/c1-8-10-6-5-7-11(26)14(10)18(27)15-12(8)19(28)16-17(24(3)4)20(29)13(9(2)25)21(30)23(16,32)22(15)31/h5-8,12,16-17,19,26,28-29,31-32H,1-4H3/t8-,12+,16+,17-,19-,23+/m1/s1. The number of aromatic hydroxyl groups is 1. The Labute approximate surface area is 183 Å². The van der Waals surface area contributed by atoms with Gasteiger partial charge < -0.3 is 25.5 Å². The van der Waals surface area contributed by atoms with Crippen LogP contribution >= 0.6 is 0 Å². The third kappa shape index (κ3) is 2.52. The van der Waals surface area contributed by atoms with Crippen molar-refractivity contribution in [3.8, 4) is 5.75 Å². The van der Waals surface area contributed by atoms with Gasteiger partial charge in [0.1, 0.15) is 22.8 Å². The van der Waals surface area contributed by atoms with Gasteiger partial charge in [-0.2, -0.15) is 0 Å². The minimum Gasteiger partial charge on any atom is -0.510 e. The Kier molecular flexibility index (Phi) is 4.85. The number of carbonyl (C=O) groups is 3. The number of phenolic OH excluding ortho intramolecular Hbond substituents is 1. The van der Waals surface area contributed by atoms with Crippen molar-refractivity contribution in [2.45, 2.75) is 37.5 Å². The van der Waals surface area contributed by atoms with Gasteiger partial charge in [0.25, 0.3) is 0 Å². The minimum absolute atomic E-state index is 0.0790. The lowest BCUT2D eigenvalue weighted by molar-refractivity contribution is -0.162. The van der Waals surface area contributed by atoms with E-state index in [9.17, 15) is 39.9 Å². The molecular weight excluding hydrogens is 418 g/mol. The molecule has 9 nitrogen and oxygen atoms in total. The van der Waals surface area contributed by atoms with E-state index in [-0.39, 0.29) is 16.9 Å². The van der Waals surface area contributed by atoms with Crippen LogP contribution in [-0.4, -0.2) is 79.6 Å². The fourth-order valence-electron chi connectivity index (χ4n) is 5.68. The average molecular weight is 443 g/mol. The number of aliphatic hydroxyl groups is 4. The molecule has 3 aliphatic carbocycles. The number of fused-ring (bicyclic) bond motifs is 3. The predicted molar refractivity (Wildman–Crippen MR) is 111 cm³/mol. The first-order chi connectivity index (χ1) is 14.9. The van der Waals surface area contributed by atoms with Crippen LogP contribution in [0.1, 0.15) is 35.7 Å². The Balaban J connectivity index is 2.06. The Bertz CT molecular complexity index is 1130. The molecule has 0 saturated carbocycles. The van der Waals surface area contributed by atoms with E-state index in [1.54, 1.807) is 19.1 Å². The van der Waals surface area contributed by atoms with Crippen LogP contribution in [0.25, 0.3) is 0 Å². The predicted octanol–water partition coefficient (Wildman–Crippen LogP) is 0.756. The van der Waals surface area contributed by atoms with Crippen LogP contribution < -0.4 is 0 Å². The number of aliphatic hydroxyl groups excluding tert-OH is 3. The third-order valence-electron chi connectivity index (χ3n) is 7.10. The summed E-state index contributed by atoms with van der Waals surface area (Å²) in [6.45, 7) is 2.73. The summed E-state index contributed by atoms with van der Waals surface area (Å²) in [6, 6.07) is 3.29. The highest BCUT2D eigenvalue weighted by atomic mass is 16.4. The van der Waals surface area contributed by atoms with Gasteiger partial charge in [-0.3, -0.25) is 19.3 Å². The minimum atomic E-state index is -2.81. The van der Waals surface area contributed by atoms with Gasteiger partial charge in [-0.05, 0) is 38.6 Å². The maximum Gasteiger partial charge on any atom is 0.209 e. The van der Waals surface area contributed by atoms with Crippen molar-refractivity contribution >= 4 is 17.3 Å². The molecule has 1 aromatic carbocycles. The number of ketones is 3. The molecule has 3 aliphatic rings. The van der Waals surface area contributed by atoms with Crippen LogP contribution in [0.15, 0.2) is 40.9 Å². The maximum atomic E-state index is 13.3. The zero-order valence-corrected chi connectivity index (χ0v) is 18.0. The smallest absolute Gasteiger partial charge is 0.209 e. The van der Waals surface area contributed by atoms with Crippen LogP contribution in [0.3, 0.4) is 0 Å². The number of hydrogen-bond acceptors (Lipinski definition) is 9. The highest BCUT2D eigenvalue weighted by Crippen LogP contribution is 2.55. The number of nitrogens with zero attached hydrogens (tertiary/aromatic N) is 1. The molecule has 0 spiro atoms. The zero-order chi connectivity index (χ0) is 23.9. The molecule has 0 radical (unpaired) electrons. The van der Waals surface area contributed by atoms with Crippen molar-refractivity contribution in [1.29, 1.82) is 0 Å². The largest absolute Gasteiger partial charge is 0.510 e. The van der Waals surface area contributed by atoms with Crippen LogP contribution in [0.4, 0.5) is 0 Å². The van der Waals surface area contributed by atoms with Crippen molar-refractivity contribution in [1.82, 2.24) is 4.90 Å². The summed E-state index contributed by atoms with van der Waals surface area (Å²) in [5, 5.41) is 55.3. The molecule has 0 fully saturated rings. The van der Waals surface area contributed by atoms with E-state index in [1.165, 1.54) is 25.1 Å². The number of likely N-dealkylation sites (N-methyl/N-ethyl adjacent to an activating group) is 1. The Morgan fingerprint density at radius 3 is 2.31 bits per heavy atom. The van der Waals surface area contributed by atoms with Crippen molar-refractivity contribution in [2.75, 3.05) is 14.1 Å². The van der Waals surface area contributed by atoms with E-state index in [0.717, 1.165) is 6.92 Å². The summed E-state index contributed by atoms with van der Waals surface area (Å²) in [5.41, 5.74) is -3.52. The van der Waals surface area contributed by atoms with Gasteiger partial charge in [0.05, 0.1) is 23.6 Å². The summed E-state index contributed by atoms with van der Waals surface area (Å²) in [4.78, 5) is 40.2. The third-order valence-corrected chi connectivity index (χ3v) is 7.10. The second kappa shape index (κ2) is 6.99. The number of Topliss-reactive ketones (excluding diaryl/α,β-unsaturated/α-hetero) is 3. The summed E-state index contributed by atoms with van der Waals surface area (Å²) in [6.07, 6.45) is -1.55. The molecular formula is C23H25NO8. The van der Waals surface area contributed by atoms with E-state index >= 15 is 0 Å². The second-order valence-corrected chi connectivity index (χ2v) is 8.98. The fraction of sp³-hybridized carbons (Fsp3) is 0.435. The number of benzene rings is 1. The van der Waals surface area contributed by atoms with Crippen molar-refractivity contribution in [3.05, 3.63) is 52.0 Å². The van der Waals surface area contributed by atoms with Crippen LogP contribution in [0.2, 0.25) is 0 Å². The molecule has 5 N–H and O–H groups in total. The van der Waals surface area contributed by atoms with Crippen molar-refractivity contribution in [2.24, 2.45) is 11.8 Å². The molecule has 170 valence electrons. The average Bonchev–Trinajstić information content (AvgIpc) is 2.70. The van der Waals surface area contributed by atoms with Crippen molar-refractivity contribution < 1.29 is 39.9 Å². The van der Waals surface area contributed by atoms with Gasteiger partial charge in [-0.25, -0.2) is 0 Å². The molecule has 0 aromatic heterocycles. The topological polar surface area (TPSA) is 156 Å². The Morgan fingerprint density at radius 1 is 1.12 bits per heavy atom. The van der Waals surface area contributed by atoms with Gasteiger partial charge >= 0.3 is 0 Å². The molecule has 4 rings (SSSR count). The molecule has 0 amide bonds. The first-order valence-electron chi connectivity index (χ1n) is 10.2. The van der Waals surface area contributed by atoms with Crippen molar-refractivity contribution in [3.63, 3.8) is 0 Å². The highest BCUT2D eigenvalue weighted by molar-refractivity contribution is 6.25. The fourth-order valence-corrected chi connectivity index (χ4v) is 5.68. The van der Waals surface area contributed by atoms with E-state index in [0.29, 0.717) is 5.56 Å².